The molecule has 1 aromatic rings. The van der Waals surface area contributed by atoms with E-state index < -0.39 is 10.0 Å². The number of hydrogen-bond acceptors (Lipinski definition) is 2. The molecule has 0 unspecified atom stereocenters. The summed E-state index contributed by atoms with van der Waals surface area (Å²) in [6.45, 7) is 6.67. The number of sulfonamides is 1. The lowest BCUT2D eigenvalue weighted by molar-refractivity contribution is 0.602. The number of rotatable bonds is 2. The lowest BCUT2D eigenvalue weighted by Crippen LogP contribution is -1.96. The molecule has 0 saturated carbocycles. The molecule has 0 fully saturated rings. The molecule has 0 aliphatic carbocycles. The first-order chi connectivity index (χ1) is 6.10. The number of benzene rings is 1. The van der Waals surface area contributed by atoms with Gasteiger partial charge in [0.1, 0.15) is 10.0 Å². The normalized spacial score (nSPS) is 10.8. The Balaban J connectivity index is 3.15. The van der Waals surface area contributed by atoms with Crippen LogP contribution in [0.25, 0.3) is 9.57 Å². The fraction of sp³-hybridized carbons (Fsp3) is 0.125. The maximum Gasteiger partial charge on any atom is 0.187 e. The first-order valence-corrected chi connectivity index (χ1v) is 4.88. The van der Waals surface area contributed by atoms with Crippen LogP contribution in [0.15, 0.2) is 29.2 Å². The Labute approximate surface area is 77.1 Å². The zero-order valence-corrected chi connectivity index (χ0v) is 7.75. The molecule has 13 heavy (non-hydrogen) atoms. The summed E-state index contributed by atoms with van der Waals surface area (Å²) < 4.78 is 25.6. The predicted octanol–water partition coefficient (Wildman–Crippen LogP) is 1.93. The van der Waals surface area contributed by atoms with Gasteiger partial charge >= 0.3 is 0 Å². The standard InChI is InChI=1S/C8H7N2O2S/c1-9-7-3-5-8(6-4-7)13(11,12)10-2/h3-6H,2H3/q-1. The van der Waals surface area contributed by atoms with E-state index in [-0.39, 0.29) is 4.90 Å². The topological polar surface area (TPSA) is 52.6 Å². The predicted molar refractivity (Wildman–Crippen MR) is 49.2 cm³/mol. The average molecular weight is 195 g/mol. The van der Waals surface area contributed by atoms with Crippen molar-refractivity contribution in [2.75, 3.05) is 7.05 Å². The molecule has 4 nitrogen and oxygen atoms in total. The Morgan fingerprint density at radius 1 is 1.31 bits per heavy atom. The van der Waals surface area contributed by atoms with Crippen LogP contribution in [-0.2, 0) is 10.0 Å². The van der Waals surface area contributed by atoms with Gasteiger partial charge in [-0.25, -0.2) is 13.3 Å². The van der Waals surface area contributed by atoms with Gasteiger partial charge in [-0.1, -0.05) is 24.3 Å². The van der Waals surface area contributed by atoms with E-state index in [2.05, 4.69) is 9.57 Å². The van der Waals surface area contributed by atoms with Crippen molar-refractivity contribution in [1.82, 2.24) is 0 Å². The lowest BCUT2D eigenvalue weighted by atomic mass is 10.3. The highest BCUT2D eigenvalue weighted by Gasteiger charge is 2.01. The van der Waals surface area contributed by atoms with E-state index in [1.54, 1.807) is 0 Å². The van der Waals surface area contributed by atoms with Crippen molar-refractivity contribution in [3.8, 4) is 0 Å². The molecule has 0 bridgehead atoms. The molecule has 0 saturated heterocycles. The van der Waals surface area contributed by atoms with Crippen LogP contribution in [0.4, 0.5) is 5.69 Å². The fourth-order valence-corrected chi connectivity index (χ4v) is 1.49. The monoisotopic (exact) mass is 195 g/mol. The molecular formula is C8H7N2O2S-. The summed E-state index contributed by atoms with van der Waals surface area (Å²) in [5.74, 6) is 0. The lowest BCUT2D eigenvalue weighted by Gasteiger charge is -2.12. The molecule has 0 heterocycles. The van der Waals surface area contributed by atoms with Crippen molar-refractivity contribution < 1.29 is 8.42 Å². The Kier molecular flexibility index (Phi) is 2.66. The highest BCUT2D eigenvalue weighted by Crippen LogP contribution is 2.19. The van der Waals surface area contributed by atoms with Crippen molar-refractivity contribution in [1.29, 1.82) is 0 Å². The number of nitrogens with zero attached hydrogens (tertiary/aromatic N) is 2. The molecule has 0 N–H and O–H groups in total. The van der Waals surface area contributed by atoms with Crippen LogP contribution in [-0.4, -0.2) is 15.5 Å². The van der Waals surface area contributed by atoms with Gasteiger partial charge in [-0.15, -0.1) is 0 Å². The number of hydrogen-bond donors (Lipinski definition) is 0. The minimum atomic E-state index is -3.50. The molecule has 1 rings (SSSR count). The van der Waals surface area contributed by atoms with Crippen LogP contribution >= 0.6 is 0 Å². The highest BCUT2D eigenvalue weighted by atomic mass is 32.2. The summed E-state index contributed by atoms with van der Waals surface area (Å²) >= 11 is 0. The largest absolute Gasteiger partial charge is 0.547 e. The van der Waals surface area contributed by atoms with Gasteiger partial charge in [0, 0.05) is 4.90 Å². The minimum Gasteiger partial charge on any atom is -0.547 e. The second kappa shape index (κ2) is 3.56. The van der Waals surface area contributed by atoms with Gasteiger partial charge in [0.05, 0.1) is 6.57 Å². The van der Waals surface area contributed by atoms with Crippen molar-refractivity contribution in [2.45, 2.75) is 4.90 Å². The van der Waals surface area contributed by atoms with Crippen LogP contribution in [0.2, 0.25) is 0 Å². The Hall–Kier alpha value is -1.38. The summed E-state index contributed by atoms with van der Waals surface area (Å²) in [5.41, 5.74) is 0.412. The van der Waals surface area contributed by atoms with Crippen LogP contribution in [0.1, 0.15) is 0 Å². The SMILES string of the molecule is [C-]#[N+]c1ccc(S(=O)(=O)[N-]C)cc1. The molecule has 0 radical (unpaired) electrons. The van der Waals surface area contributed by atoms with Crippen LogP contribution in [0, 0.1) is 6.57 Å². The molecule has 0 aliphatic heterocycles. The summed E-state index contributed by atoms with van der Waals surface area (Å²) in [7, 11) is -2.28. The van der Waals surface area contributed by atoms with Gasteiger partial charge in [-0.2, -0.15) is 7.05 Å². The van der Waals surface area contributed by atoms with Gasteiger partial charge in [0.25, 0.3) is 0 Å². The van der Waals surface area contributed by atoms with E-state index in [9.17, 15) is 8.42 Å². The van der Waals surface area contributed by atoms with Crippen molar-refractivity contribution >= 4 is 15.7 Å². The third kappa shape index (κ3) is 2.05. The molecule has 0 amide bonds. The Morgan fingerprint density at radius 3 is 2.23 bits per heavy atom. The van der Waals surface area contributed by atoms with E-state index in [4.69, 9.17) is 6.57 Å². The van der Waals surface area contributed by atoms with Gasteiger partial charge in [-0.05, 0) is 0 Å². The van der Waals surface area contributed by atoms with Gasteiger partial charge in [0.2, 0.25) is 0 Å². The van der Waals surface area contributed by atoms with Gasteiger partial charge < -0.3 is 4.72 Å². The summed E-state index contributed by atoms with van der Waals surface area (Å²) in [6.07, 6.45) is 0. The Morgan fingerprint density at radius 2 is 1.85 bits per heavy atom. The van der Waals surface area contributed by atoms with Crippen LogP contribution in [0.5, 0.6) is 0 Å². The van der Waals surface area contributed by atoms with Crippen LogP contribution in [0.3, 0.4) is 0 Å². The third-order valence-corrected chi connectivity index (χ3v) is 2.85. The van der Waals surface area contributed by atoms with Crippen molar-refractivity contribution in [3.63, 3.8) is 0 Å². The summed E-state index contributed by atoms with van der Waals surface area (Å²) in [5, 5.41) is 0. The molecular weight excluding hydrogens is 188 g/mol. The first-order valence-electron chi connectivity index (χ1n) is 3.44. The smallest absolute Gasteiger partial charge is 0.187 e. The molecule has 0 aromatic heterocycles. The summed E-state index contributed by atoms with van der Waals surface area (Å²) in [6, 6.07) is 5.64. The van der Waals surface area contributed by atoms with Crippen molar-refractivity contribution in [2.24, 2.45) is 0 Å². The average Bonchev–Trinajstić information content (AvgIpc) is 2.18. The molecule has 68 valence electrons. The minimum absolute atomic E-state index is 0.113. The van der Waals surface area contributed by atoms with E-state index in [1.165, 1.54) is 31.3 Å². The second-order valence-electron chi connectivity index (χ2n) is 2.26. The maximum absolute atomic E-state index is 11.2. The molecule has 5 heteroatoms. The van der Waals surface area contributed by atoms with E-state index in [0.29, 0.717) is 5.69 Å². The fourth-order valence-electron chi connectivity index (χ4n) is 0.798. The molecule has 0 atom stereocenters. The van der Waals surface area contributed by atoms with E-state index in [0.717, 1.165) is 0 Å². The molecule has 0 aliphatic rings. The molecule has 0 spiro atoms. The first kappa shape index (κ1) is 9.71. The van der Waals surface area contributed by atoms with Crippen molar-refractivity contribution in [3.05, 3.63) is 40.4 Å². The highest BCUT2D eigenvalue weighted by molar-refractivity contribution is 7.94. The quantitative estimate of drug-likeness (QED) is 0.677. The second-order valence-corrected chi connectivity index (χ2v) is 4.05. The Bertz CT molecular complexity index is 428. The maximum atomic E-state index is 11.2. The molecule has 1 aromatic carbocycles. The zero-order valence-electron chi connectivity index (χ0n) is 6.93. The third-order valence-electron chi connectivity index (χ3n) is 1.50. The van der Waals surface area contributed by atoms with Gasteiger partial charge in [0.15, 0.2) is 5.69 Å². The summed E-state index contributed by atoms with van der Waals surface area (Å²) in [4.78, 5) is 3.26. The van der Waals surface area contributed by atoms with E-state index in [1.807, 2.05) is 0 Å². The zero-order chi connectivity index (χ0) is 9.90. The van der Waals surface area contributed by atoms with Crippen LogP contribution < -0.4 is 0 Å². The van der Waals surface area contributed by atoms with Gasteiger partial charge in [-0.3, -0.25) is 0 Å². The van der Waals surface area contributed by atoms with E-state index >= 15 is 0 Å².